The van der Waals surface area contributed by atoms with Crippen molar-refractivity contribution in [3.8, 4) is 11.5 Å². The largest absolute Gasteiger partial charge is 0.486 e. The first-order valence-corrected chi connectivity index (χ1v) is 8.39. The van der Waals surface area contributed by atoms with Crippen LogP contribution in [0.1, 0.15) is 15.4 Å². The van der Waals surface area contributed by atoms with Crippen LogP contribution < -0.4 is 14.8 Å². The molecule has 1 amide bonds. The average molecular weight is 383 g/mol. The Hall–Kier alpha value is -2.75. The molecule has 3 aromatic rings. The standard InChI is InChI=1S/C16H12F3N3O3S/c1-22-15-9(13(21-22)16(17,18)19)7-12(26-15)14(23)20-8-2-3-10-11(6-8)25-5-4-24-10/h2-3,6-7H,4-5H2,1H3,(H,20,23). The van der Waals surface area contributed by atoms with Crippen LogP contribution in [0.15, 0.2) is 24.3 Å². The number of hydrogen-bond acceptors (Lipinski definition) is 5. The predicted molar refractivity (Wildman–Crippen MR) is 89.0 cm³/mol. The monoisotopic (exact) mass is 383 g/mol. The molecule has 3 heterocycles. The molecule has 1 N–H and O–H groups in total. The zero-order chi connectivity index (χ0) is 18.5. The lowest BCUT2D eigenvalue weighted by atomic mass is 10.2. The zero-order valence-corrected chi connectivity index (χ0v) is 14.2. The lowest BCUT2D eigenvalue weighted by Gasteiger charge is -2.18. The molecule has 1 aliphatic heterocycles. The molecule has 2 aromatic heterocycles. The number of alkyl halides is 3. The van der Waals surface area contributed by atoms with Crippen LogP contribution in [-0.4, -0.2) is 28.9 Å². The van der Waals surface area contributed by atoms with Gasteiger partial charge >= 0.3 is 6.18 Å². The molecule has 0 saturated heterocycles. The van der Waals surface area contributed by atoms with Gasteiger partial charge in [0.25, 0.3) is 5.91 Å². The van der Waals surface area contributed by atoms with E-state index in [2.05, 4.69) is 10.4 Å². The Morgan fingerprint density at radius 1 is 1.23 bits per heavy atom. The van der Waals surface area contributed by atoms with Crippen LogP contribution in [0, 0.1) is 0 Å². The number of aromatic nitrogens is 2. The number of ether oxygens (including phenoxy) is 2. The van der Waals surface area contributed by atoms with E-state index in [1.54, 1.807) is 18.2 Å². The van der Waals surface area contributed by atoms with Gasteiger partial charge in [0.15, 0.2) is 17.2 Å². The van der Waals surface area contributed by atoms with Crippen LogP contribution in [0.3, 0.4) is 0 Å². The number of carbonyl (C=O) groups excluding carboxylic acids is 1. The molecular formula is C16H12F3N3O3S. The van der Waals surface area contributed by atoms with Crippen molar-refractivity contribution >= 4 is 33.1 Å². The third kappa shape index (κ3) is 2.85. The number of carbonyl (C=O) groups is 1. The fraction of sp³-hybridized carbons (Fsp3) is 0.250. The SMILES string of the molecule is Cn1nc(C(F)(F)F)c2cc(C(=O)Nc3ccc4c(c3)OCCO4)sc21. The van der Waals surface area contributed by atoms with Gasteiger partial charge in [-0.15, -0.1) is 11.3 Å². The first-order chi connectivity index (χ1) is 12.3. The Balaban J connectivity index is 1.62. The van der Waals surface area contributed by atoms with Crippen molar-refractivity contribution in [3.63, 3.8) is 0 Å². The minimum atomic E-state index is -4.58. The minimum Gasteiger partial charge on any atom is -0.486 e. The van der Waals surface area contributed by atoms with Crippen LogP contribution in [0.5, 0.6) is 11.5 Å². The number of rotatable bonds is 2. The van der Waals surface area contributed by atoms with E-state index in [-0.39, 0.29) is 15.1 Å². The Bertz CT molecular complexity index is 1010. The second-order valence-corrected chi connectivity index (χ2v) is 6.64. The quantitative estimate of drug-likeness (QED) is 0.733. The second-order valence-electron chi connectivity index (χ2n) is 5.61. The lowest BCUT2D eigenvalue weighted by molar-refractivity contribution is -0.140. The molecule has 0 atom stereocenters. The molecule has 0 radical (unpaired) electrons. The topological polar surface area (TPSA) is 65.4 Å². The van der Waals surface area contributed by atoms with E-state index in [4.69, 9.17) is 9.47 Å². The molecule has 0 aliphatic carbocycles. The van der Waals surface area contributed by atoms with Gasteiger partial charge in [-0.2, -0.15) is 18.3 Å². The normalized spacial score (nSPS) is 13.8. The summed E-state index contributed by atoms with van der Waals surface area (Å²) in [5, 5.41) is 6.07. The third-order valence-corrected chi connectivity index (χ3v) is 5.00. The van der Waals surface area contributed by atoms with E-state index in [0.29, 0.717) is 30.4 Å². The number of benzene rings is 1. The van der Waals surface area contributed by atoms with Crippen LogP contribution in [-0.2, 0) is 13.2 Å². The van der Waals surface area contributed by atoms with Crippen LogP contribution >= 0.6 is 11.3 Å². The molecule has 1 aromatic carbocycles. The summed E-state index contributed by atoms with van der Waals surface area (Å²) in [7, 11) is 1.41. The highest BCUT2D eigenvalue weighted by Gasteiger charge is 2.37. The van der Waals surface area contributed by atoms with Crippen molar-refractivity contribution in [2.24, 2.45) is 7.05 Å². The number of aryl methyl sites for hydroxylation is 1. The van der Waals surface area contributed by atoms with Gasteiger partial charge in [-0.05, 0) is 18.2 Å². The summed E-state index contributed by atoms with van der Waals surface area (Å²) in [5.74, 6) is 0.585. The van der Waals surface area contributed by atoms with Gasteiger partial charge in [0.1, 0.15) is 18.0 Å². The number of nitrogens with zero attached hydrogens (tertiary/aromatic N) is 2. The van der Waals surface area contributed by atoms with E-state index >= 15 is 0 Å². The van der Waals surface area contributed by atoms with Gasteiger partial charge in [0.05, 0.1) is 4.88 Å². The van der Waals surface area contributed by atoms with E-state index in [1.165, 1.54) is 13.1 Å². The molecule has 0 bridgehead atoms. The van der Waals surface area contributed by atoms with Gasteiger partial charge in [-0.25, -0.2) is 0 Å². The van der Waals surface area contributed by atoms with Gasteiger partial charge < -0.3 is 14.8 Å². The molecule has 0 unspecified atom stereocenters. The van der Waals surface area contributed by atoms with Gasteiger partial charge in [-0.3, -0.25) is 9.48 Å². The number of nitrogens with one attached hydrogen (secondary N) is 1. The maximum absolute atomic E-state index is 13.1. The number of anilines is 1. The summed E-state index contributed by atoms with van der Waals surface area (Å²) in [6.07, 6.45) is -4.58. The number of fused-ring (bicyclic) bond motifs is 2. The molecule has 26 heavy (non-hydrogen) atoms. The van der Waals surface area contributed by atoms with E-state index < -0.39 is 17.8 Å². The summed E-state index contributed by atoms with van der Waals surface area (Å²) < 4.78 is 51.1. The van der Waals surface area contributed by atoms with E-state index in [1.807, 2.05) is 0 Å². The fourth-order valence-electron chi connectivity index (χ4n) is 2.68. The van der Waals surface area contributed by atoms with E-state index in [9.17, 15) is 18.0 Å². The maximum Gasteiger partial charge on any atom is 0.435 e. The van der Waals surface area contributed by atoms with Crippen molar-refractivity contribution in [1.29, 1.82) is 0 Å². The predicted octanol–water partition coefficient (Wildman–Crippen LogP) is 3.68. The summed E-state index contributed by atoms with van der Waals surface area (Å²) in [5.41, 5.74) is -0.532. The molecule has 4 rings (SSSR count). The Kier molecular flexibility index (Phi) is 3.79. The Morgan fingerprint density at radius 3 is 2.69 bits per heavy atom. The van der Waals surface area contributed by atoms with Crippen molar-refractivity contribution in [2.45, 2.75) is 6.18 Å². The summed E-state index contributed by atoms with van der Waals surface area (Å²) in [6, 6.07) is 6.13. The number of halogens is 3. The smallest absolute Gasteiger partial charge is 0.435 e. The first kappa shape index (κ1) is 16.7. The van der Waals surface area contributed by atoms with Gasteiger partial charge in [-0.1, -0.05) is 0 Å². The number of thiophene rings is 1. The lowest BCUT2D eigenvalue weighted by Crippen LogP contribution is -2.16. The van der Waals surface area contributed by atoms with E-state index in [0.717, 1.165) is 16.0 Å². The number of hydrogen-bond donors (Lipinski definition) is 1. The fourth-order valence-corrected chi connectivity index (χ4v) is 3.64. The summed E-state index contributed by atoms with van der Waals surface area (Å²) >= 11 is 0.949. The molecule has 10 heteroatoms. The summed E-state index contributed by atoms with van der Waals surface area (Å²) in [6.45, 7) is 0.865. The number of amides is 1. The van der Waals surface area contributed by atoms with Crippen molar-refractivity contribution < 1.29 is 27.4 Å². The van der Waals surface area contributed by atoms with Gasteiger partial charge in [0, 0.05) is 24.2 Å². The third-order valence-electron chi connectivity index (χ3n) is 3.80. The Morgan fingerprint density at radius 2 is 1.96 bits per heavy atom. The maximum atomic E-state index is 13.1. The highest BCUT2D eigenvalue weighted by Crippen LogP contribution is 2.38. The van der Waals surface area contributed by atoms with Gasteiger partial charge in [0.2, 0.25) is 0 Å². The Labute approximate surface area is 149 Å². The minimum absolute atomic E-state index is 0.0858. The second kappa shape index (κ2) is 5.90. The molecule has 0 saturated carbocycles. The zero-order valence-electron chi connectivity index (χ0n) is 13.4. The molecule has 136 valence electrons. The van der Waals surface area contributed by atoms with Crippen molar-refractivity contribution in [2.75, 3.05) is 18.5 Å². The van der Waals surface area contributed by atoms with Crippen LogP contribution in [0.4, 0.5) is 18.9 Å². The van der Waals surface area contributed by atoms with Crippen LogP contribution in [0.2, 0.25) is 0 Å². The van der Waals surface area contributed by atoms with Crippen LogP contribution in [0.25, 0.3) is 10.2 Å². The highest BCUT2D eigenvalue weighted by molar-refractivity contribution is 7.20. The average Bonchev–Trinajstić information content (AvgIpc) is 3.15. The molecular weight excluding hydrogens is 371 g/mol. The van der Waals surface area contributed by atoms with Crippen molar-refractivity contribution in [3.05, 3.63) is 34.8 Å². The first-order valence-electron chi connectivity index (χ1n) is 7.57. The highest BCUT2D eigenvalue weighted by atomic mass is 32.1. The molecule has 0 fully saturated rings. The van der Waals surface area contributed by atoms with Crippen molar-refractivity contribution in [1.82, 2.24) is 9.78 Å². The molecule has 0 spiro atoms. The molecule has 1 aliphatic rings. The molecule has 6 nitrogen and oxygen atoms in total. The summed E-state index contributed by atoms with van der Waals surface area (Å²) in [4.78, 5) is 12.9.